The van der Waals surface area contributed by atoms with Gasteiger partial charge in [-0.3, -0.25) is 0 Å². The lowest BCUT2D eigenvalue weighted by Crippen LogP contribution is -2.70. The molecule has 4 atom stereocenters. The summed E-state index contributed by atoms with van der Waals surface area (Å²) in [6, 6.07) is 0. The molecule has 100 valence electrons. The van der Waals surface area contributed by atoms with Crippen molar-refractivity contribution in [3.63, 3.8) is 0 Å². The van der Waals surface area contributed by atoms with E-state index in [1.807, 2.05) is 0 Å². The third-order valence-corrected chi connectivity index (χ3v) is 4.94. The van der Waals surface area contributed by atoms with Crippen LogP contribution >= 0.6 is 0 Å². The number of hydrogen-bond acceptors (Lipinski definition) is 2. The molecule has 2 nitrogen and oxygen atoms in total. The Bertz CT molecular complexity index is 360. The zero-order valence-electron chi connectivity index (χ0n) is 10.2. The van der Waals surface area contributed by atoms with Gasteiger partial charge in [0, 0.05) is 25.7 Å². The average molecular weight is 256 g/mol. The van der Waals surface area contributed by atoms with Gasteiger partial charge < -0.3 is 10.2 Å². The number of alkyl halides is 2. The van der Waals surface area contributed by atoms with E-state index in [0.717, 1.165) is 0 Å². The van der Waals surface area contributed by atoms with Gasteiger partial charge in [0.05, 0.1) is 0 Å². The van der Waals surface area contributed by atoms with Crippen molar-refractivity contribution in [2.75, 3.05) is 0 Å². The number of allylic oxidation sites excluding steroid dienone is 2. The summed E-state index contributed by atoms with van der Waals surface area (Å²) in [5, 5.41) is 21.0. The average Bonchev–Trinajstić information content (AvgIpc) is 2.27. The van der Waals surface area contributed by atoms with Crippen molar-refractivity contribution in [3.05, 3.63) is 24.3 Å². The van der Waals surface area contributed by atoms with E-state index in [4.69, 9.17) is 0 Å². The highest BCUT2D eigenvalue weighted by Gasteiger charge is 2.68. The van der Waals surface area contributed by atoms with Gasteiger partial charge in [-0.1, -0.05) is 24.3 Å². The Hall–Kier alpha value is -0.740. The van der Waals surface area contributed by atoms with Crippen molar-refractivity contribution < 1.29 is 19.0 Å². The molecule has 0 amide bonds. The van der Waals surface area contributed by atoms with Crippen LogP contribution in [0.1, 0.15) is 38.5 Å². The molecule has 0 saturated heterocycles. The predicted octanol–water partition coefficient (Wildman–Crippen LogP) is 2.36. The molecule has 0 aromatic rings. The molecule has 0 unspecified atom stereocenters. The van der Waals surface area contributed by atoms with Crippen LogP contribution in [0.15, 0.2) is 24.3 Å². The van der Waals surface area contributed by atoms with E-state index in [-0.39, 0.29) is 32.1 Å². The van der Waals surface area contributed by atoms with Gasteiger partial charge in [0.2, 0.25) is 0 Å². The summed E-state index contributed by atoms with van der Waals surface area (Å²) in [7, 11) is 0. The normalized spacial score (nSPS) is 54.9. The monoisotopic (exact) mass is 256 g/mol. The summed E-state index contributed by atoms with van der Waals surface area (Å²) in [6.07, 6.45) is 6.41. The highest BCUT2D eigenvalue weighted by molar-refractivity contribution is 5.26. The molecule has 0 aromatic carbocycles. The minimum absolute atomic E-state index is 0.0228. The first-order chi connectivity index (χ1) is 8.33. The van der Waals surface area contributed by atoms with E-state index in [2.05, 4.69) is 0 Å². The fourth-order valence-electron chi connectivity index (χ4n) is 3.71. The SMILES string of the molecule is O[C@@]12CC=CC[C@@]1(F)C[C@@]1(F)CC=CC[C@]1(O)C2. The molecule has 3 rings (SSSR count). The first-order valence-corrected chi connectivity index (χ1v) is 6.45. The molecule has 0 heterocycles. The maximum atomic E-state index is 14.9. The van der Waals surface area contributed by atoms with Crippen molar-refractivity contribution in [1.29, 1.82) is 0 Å². The minimum Gasteiger partial charge on any atom is -0.386 e. The van der Waals surface area contributed by atoms with Crippen LogP contribution in [-0.2, 0) is 0 Å². The second-order valence-corrected chi connectivity index (χ2v) is 6.11. The molecule has 3 aliphatic rings. The van der Waals surface area contributed by atoms with Crippen LogP contribution < -0.4 is 0 Å². The Labute approximate surface area is 105 Å². The van der Waals surface area contributed by atoms with Gasteiger partial charge in [0.1, 0.15) is 22.5 Å². The van der Waals surface area contributed by atoms with Crippen molar-refractivity contribution in [2.45, 2.75) is 61.1 Å². The highest BCUT2D eigenvalue weighted by Crippen LogP contribution is 2.58. The summed E-state index contributed by atoms with van der Waals surface area (Å²) in [4.78, 5) is 0. The molecule has 0 radical (unpaired) electrons. The number of halogens is 2. The zero-order valence-corrected chi connectivity index (χ0v) is 10.2. The maximum Gasteiger partial charge on any atom is 0.146 e. The van der Waals surface area contributed by atoms with Gasteiger partial charge in [-0.15, -0.1) is 0 Å². The lowest BCUT2D eigenvalue weighted by Gasteiger charge is -2.58. The number of rotatable bonds is 0. The smallest absolute Gasteiger partial charge is 0.146 e. The van der Waals surface area contributed by atoms with E-state index in [1.165, 1.54) is 0 Å². The molecule has 0 aromatic heterocycles. The summed E-state index contributed by atoms with van der Waals surface area (Å²) in [5.74, 6) is 0. The van der Waals surface area contributed by atoms with Gasteiger partial charge in [-0.25, -0.2) is 8.78 Å². The zero-order chi connectivity index (χ0) is 13.1. The molecule has 0 spiro atoms. The second-order valence-electron chi connectivity index (χ2n) is 6.11. The van der Waals surface area contributed by atoms with Crippen molar-refractivity contribution in [1.82, 2.24) is 0 Å². The van der Waals surface area contributed by atoms with Gasteiger partial charge in [0.15, 0.2) is 0 Å². The second kappa shape index (κ2) is 3.42. The van der Waals surface area contributed by atoms with Gasteiger partial charge in [-0.2, -0.15) is 0 Å². The van der Waals surface area contributed by atoms with Crippen LogP contribution in [0.3, 0.4) is 0 Å². The highest BCUT2D eigenvalue weighted by atomic mass is 19.2. The standard InChI is InChI=1S/C14H18F2O2/c15-11-5-1-3-7-13(11,17)10-14(18)8-4-2-6-12(14,16)9-11/h1-4,17-18H,5-10H2/t11-,12+,13-,14+. The van der Waals surface area contributed by atoms with Crippen LogP contribution in [0.2, 0.25) is 0 Å². The summed E-state index contributed by atoms with van der Waals surface area (Å²) in [5.41, 5.74) is -7.21. The first kappa shape index (κ1) is 12.3. The van der Waals surface area contributed by atoms with Crippen LogP contribution in [-0.4, -0.2) is 32.8 Å². The molecule has 18 heavy (non-hydrogen) atoms. The van der Waals surface area contributed by atoms with Crippen LogP contribution in [0, 0.1) is 0 Å². The third-order valence-electron chi connectivity index (χ3n) is 4.94. The Morgan fingerprint density at radius 2 is 1.06 bits per heavy atom. The summed E-state index contributed by atoms with van der Waals surface area (Å²) < 4.78 is 29.8. The molecule has 1 saturated carbocycles. The van der Waals surface area contributed by atoms with E-state index in [9.17, 15) is 19.0 Å². The number of fused-ring (bicyclic) bond motifs is 2. The quantitative estimate of drug-likeness (QED) is 0.653. The lowest BCUT2D eigenvalue weighted by atomic mass is 9.54. The number of hydrogen-bond donors (Lipinski definition) is 2. The Morgan fingerprint density at radius 3 is 1.50 bits per heavy atom. The van der Waals surface area contributed by atoms with Crippen LogP contribution in [0.25, 0.3) is 0 Å². The van der Waals surface area contributed by atoms with Crippen molar-refractivity contribution in [3.8, 4) is 0 Å². The predicted molar refractivity (Wildman–Crippen MR) is 63.6 cm³/mol. The van der Waals surface area contributed by atoms with Gasteiger partial charge >= 0.3 is 0 Å². The molecule has 2 N–H and O–H groups in total. The van der Waals surface area contributed by atoms with E-state index < -0.39 is 29.0 Å². The molecular formula is C14H18F2O2. The van der Waals surface area contributed by atoms with Crippen LogP contribution in [0.4, 0.5) is 8.78 Å². The topological polar surface area (TPSA) is 40.5 Å². The van der Waals surface area contributed by atoms with E-state index in [1.54, 1.807) is 24.3 Å². The van der Waals surface area contributed by atoms with Crippen LogP contribution in [0.5, 0.6) is 0 Å². The van der Waals surface area contributed by atoms with Gasteiger partial charge in [-0.05, 0) is 12.8 Å². The van der Waals surface area contributed by atoms with Gasteiger partial charge in [0.25, 0.3) is 0 Å². The van der Waals surface area contributed by atoms with E-state index in [0.29, 0.717) is 0 Å². The Morgan fingerprint density at radius 1 is 0.667 bits per heavy atom. The minimum atomic E-state index is -1.96. The van der Waals surface area contributed by atoms with Crippen molar-refractivity contribution >= 4 is 0 Å². The number of aliphatic hydroxyl groups is 2. The first-order valence-electron chi connectivity index (χ1n) is 6.45. The Balaban J connectivity index is 2.05. The largest absolute Gasteiger partial charge is 0.386 e. The molecular weight excluding hydrogens is 238 g/mol. The third kappa shape index (κ3) is 1.39. The molecule has 0 aliphatic heterocycles. The molecule has 4 heteroatoms. The Kier molecular flexibility index (Phi) is 2.34. The fourth-order valence-corrected chi connectivity index (χ4v) is 3.71. The maximum absolute atomic E-state index is 14.9. The fraction of sp³-hybridized carbons (Fsp3) is 0.714. The summed E-state index contributed by atoms with van der Waals surface area (Å²) in [6.45, 7) is 0. The summed E-state index contributed by atoms with van der Waals surface area (Å²) >= 11 is 0. The van der Waals surface area contributed by atoms with Crippen molar-refractivity contribution in [2.24, 2.45) is 0 Å². The lowest BCUT2D eigenvalue weighted by molar-refractivity contribution is -0.247. The molecule has 0 bridgehead atoms. The molecule has 1 fully saturated rings. The van der Waals surface area contributed by atoms with E-state index >= 15 is 0 Å². The molecule has 3 aliphatic carbocycles.